The van der Waals surface area contributed by atoms with Gasteiger partial charge in [0.1, 0.15) is 5.38 Å². The zero-order chi connectivity index (χ0) is 13.2. The summed E-state index contributed by atoms with van der Waals surface area (Å²) in [6, 6.07) is 0. The first-order valence-electron chi connectivity index (χ1n) is 7.20. The fourth-order valence-corrected chi connectivity index (χ4v) is 6.00. The Bertz CT molecular complexity index is 374. The molecule has 0 aromatic heterocycles. The molecule has 4 aliphatic carbocycles. The molecule has 0 spiro atoms. The molecular formula is C15H24ClNO. The first kappa shape index (κ1) is 12.8. The SMILES string of the molecule is CC(Cl)C(=O)NC12CC3CC(C)(CC(C)(C3)C1)C2. The van der Waals surface area contributed by atoms with Crippen LogP contribution >= 0.6 is 11.6 Å². The largest absolute Gasteiger partial charge is 0.349 e. The smallest absolute Gasteiger partial charge is 0.238 e. The number of halogens is 1. The van der Waals surface area contributed by atoms with Gasteiger partial charge in [-0.15, -0.1) is 11.6 Å². The summed E-state index contributed by atoms with van der Waals surface area (Å²) in [5.74, 6) is 0.827. The first-order chi connectivity index (χ1) is 8.23. The Kier molecular flexibility index (Phi) is 2.59. The number of amides is 1. The highest BCUT2D eigenvalue weighted by Crippen LogP contribution is 2.66. The minimum atomic E-state index is -0.418. The van der Waals surface area contributed by atoms with E-state index in [2.05, 4.69) is 19.2 Å². The highest BCUT2D eigenvalue weighted by Gasteiger charge is 2.60. The van der Waals surface area contributed by atoms with Gasteiger partial charge in [0.2, 0.25) is 5.91 Å². The normalized spacial score (nSPS) is 51.2. The number of alkyl halides is 1. The fraction of sp³-hybridized carbons (Fsp3) is 0.933. The van der Waals surface area contributed by atoms with Crippen LogP contribution in [0.5, 0.6) is 0 Å². The number of nitrogens with one attached hydrogen (secondary N) is 1. The Labute approximate surface area is 115 Å². The van der Waals surface area contributed by atoms with Crippen LogP contribution < -0.4 is 5.32 Å². The highest BCUT2D eigenvalue weighted by atomic mass is 35.5. The maximum Gasteiger partial charge on any atom is 0.238 e. The summed E-state index contributed by atoms with van der Waals surface area (Å²) in [4.78, 5) is 12.0. The van der Waals surface area contributed by atoms with Gasteiger partial charge in [0.15, 0.2) is 0 Å². The molecule has 0 aliphatic heterocycles. The summed E-state index contributed by atoms with van der Waals surface area (Å²) >= 11 is 5.93. The molecule has 3 atom stereocenters. The number of hydrogen-bond acceptors (Lipinski definition) is 1. The average Bonchev–Trinajstić information content (AvgIpc) is 2.09. The van der Waals surface area contributed by atoms with Gasteiger partial charge in [-0.2, -0.15) is 0 Å². The van der Waals surface area contributed by atoms with E-state index in [4.69, 9.17) is 11.6 Å². The van der Waals surface area contributed by atoms with Crippen molar-refractivity contribution in [2.45, 2.75) is 70.2 Å². The van der Waals surface area contributed by atoms with Crippen molar-refractivity contribution < 1.29 is 4.79 Å². The maximum absolute atomic E-state index is 12.0. The zero-order valence-corrected chi connectivity index (χ0v) is 12.4. The summed E-state index contributed by atoms with van der Waals surface area (Å²) in [7, 11) is 0. The minimum Gasteiger partial charge on any atom is -0.349 e. The molecule has 0 heterocycles. The number of carbonyl (C=O) groups is 1. The summed E-state index contributed by atoms with van der Waals surface area (Å²) in [5, 5.41) is 2.89. The average molecular weight is 270 g/mol. The second kappa shape index (κ2) is 3.65. The number of carbonyl (C=O) groups excluding carboxylic acids is 1. The third-order valence-corrected chi connectivity index (χ3v) is 5.57. The summed E-state index contributed by atoms with van der Waals surface area (Å²) in [5.41, 5.74) is 0.928. The molecule has 102 valence electrons. The lowest BCUT2D eigenvalue weighted by atomic mass is 9.43. The monoisotopic (exact) mass is 269 g/mol. The van der Waals surface area contributed by atoms with Crippen molar-refractivity contribution in [3.05, 3.63) is 0 Å². The molecule has 4 fully saturated rings. The standard InChI is InChI=1S/C15H24ClNO/c1-10(16)12(18)17-15-6-11-4-13(2,8-15)7-14(3,5-11)9-15/h10-11H,4-9H2,1-3H3,(H,17,18). The molecule has 0 aromatic rings. The van der Waals surface area contributed by atoms with Gasteiger partial charge in [0.05, 0.1) is 0 Å². The second-order valence-corrected chi connectivity index (χ2v) is 8.67. The molecule has 4 aliphatic rings. The van der Waals surface area contributed by atoms with E-state index in [0.29, 0.717) is 10.8 Å². The summed E-state index contributed by atoms with van der Waals surface area (Å²) < 4.78 is 0. The Hall–Kier alpha value is -0.240. The predicted octanol–water partition coefficient (Wildman–Crippen LogP) is 3.48. The van der Waals surface area contributed by atoms with E-state index < -0.39 is 5.38 Å². The van der Waals surface area contributed by atoms with Crippen LogP contribution in [0.15, 0.2) is 0 Å². The molecule has 4 rings (SSSR count). The lowest BCUT2D eigenvalue weighted by molar-refractivity contribution is -0.139. The van der Waals surface area contributed by atoms with Gasteiger partial charge < -0.3 is 5.32 Å². The molecule has 18 heavy (non-hydrogen) atoms. The molecule has 4 bridgehead atoms. The Morgan fingerprint density at radius 1 is 1.17 bits per heavy atom. The van der Waals surface area contributed by atoms with Gasteiger partial charge in [0.25, 0.3) is 0 Å². The van der Waals surface area contributed by atoms with Crippen LogP contribution in [0.2, 0.25) is 0 Å². The van der Waals surface area contributed by atoms with Crippen molar-refractivity contribution in [1.29, 1.82) is 0 Å². The molecule has 0 saturated heterocycles. The lowest BCUT2D eigenvalue weighted by Crippen LogP contribution is -2.65. The van der Waals surface area contributed by atoms with Gasteiger partial charge in [-0.25, -0.2) is 0 Å². The Morgan fingerprint density at radius 3 is 2.17 bits per heavy atom. The van der Waals surface area contributed by atoms with E-state index in [9.17, 15) is 4.79 Å². The fourth-order valence-electron chi connectivity index (χ4n) is 5.95. The quantitative estimate of drug-likeness (QED) is 0.764. The van der Waals surface area contributed by atoms with Gasteiger partial charge in [-0.3, -0.25) is 4.79 Å². The van der Waals surface area contributed by atoms with Crippen LogP contribution in [0.3, 0.4) is 0 Å². The van der Waals surface area contributed by atoms with Gasteiger partial charge in [-0.05, 0) is 62.2 Å². The van der Waals surface area contributed by atoms with Crippen molar-refractivity contribution in [3.63, 3.8) is 0 Å². The Balaban J connectivity index is 1.87. The Morgan fingerprint density at radius 2 is 1.72 bits per heavy atom. The molecule has 2 nitrogen and oxygen atoms in total. The van der Waals surface area contributed by atoms with Gasteiger partial charge in [-0.1, -0.05) is 13.8 Å². The zero-order valence-electron chi connectivity index (χ0n) is 11.7. The highest BCUT2D eigenvalue weighted by molar-refractivity contribution is 6.30. The summed E-state index contributed by atoms with van der Waals surface area (Å²) in [6.07, 6.45) is 7.54. The third kappa shape index (κ3) is 1.97. The van der Waals surface area contributed by atoms with Crippen molar-refractivity contribution in [3.8, 4) is 0 Å². The van der Waals surface area contributed by atoms with Crippen LogP contribution in [0.1, 0.15) is 59.3 Å². The third-order valence-electron chi connectivity index (χ3n) is 5.38. The maximum atomic E-state index is 12.0. The van der Waals surface area contributed by atoms with E-state index in [1.54, 1.807) is 6.92 Å². The minimum absolute atomic E-state index is 0.0193. The first-order valence-corrected chi connectivity index (χ1v) is 7.63. The molecule has 0 aromatic carbocycles. The number of hydrogen-bond donors (Lipinski definition) is 1. The van der Waals surface area contributed by atoms with Crippen molar-refractivity contribution in [2.24, 2.45) is 16.7 Å². The van der Waals surface area contributed by atoms with Crippen LogP contribution in [0, 0.1) is 16.7 Å². The molecule has 1 N–H and O–H groups in total. The van der Waals surface area contributed by atoms with Gasteiger partial charge >= 0.3 is 0 Å². The van der Waals surface area contributed by atoms with Crippen molar-refractivity contribution >= 4 is 17.5 Å². The van der Waals surface area contributed by atoms with Gasteiger partial charge in [0, 0.05) is 5.54 Å². The molecule has 1 amide bonds. The van der Waals surface area contributed by atoms with Crippen LogP contribution in [0.4, 0.5) is 0 Å². The number of rotatable bonds is 2. The molecule has 0 radical (unpaired) electrons. The van der Waals surface area contributed by atoms with E-state index >= 15 is 0 Å². The van der Waals surface area contributed by atoms with Crippen LogP contribution in [-0.4, -0.2) is 16.8 Å². The van der Waals surface area contributed by atoms with Crippen molar-refractivity contribution in [1.82, 2.24) is 5.32 Å². The van der Waals surface area contributed by atoms with E-state index in [1.165, 1.54) is 25.7 Å². The van der Waals surface area contributed by atoms with E-state index in [0.717, 1.165) is 18.8 Å². The van der Waals surface area contributed by atoms with E-state index in [-0.39, 0.29) is 11.4 Å². The summed E-state index contributed by atoms with van der Waals surface area (Å²) in [6.45, 7) is 6.60. The predicted molar refractivity (Wildman–Crippen MR) is 73.6 cm³/mol. The topological polar surface area (TPSA) is 29.1 Å². The second-order valence-electron chi connectivity index (χ2n) is 8.02. The lowest BCUT2D eigenvalue weighted by Gasteiger charge is -2.65. The molecular weight excluding hydrogens is 246 g/mol. The van der Waals surface area contributed by atoms with E-state index in [1.807, 2.05) is 0 Å². The molecule has 3 heteroatoms. The van der Waals surface area contributed by atoms with Crippen LogP contribution in [-0.2, 0) is 4.79 Å². The molecule has 4 saturated carbocycles. The molecule has 3 unspecified atom stereocenters. The van der Waals surface area contributed by atoms with Crippen molar-refractivity contribution in [2.75, 3.05) is 0 Å². The van der Waals surface area contributed by atoms with Crippen LogP contribution in [0.25, 0.3) is 0 Å².